The van der Waals surface area contributed by atoms with Crippen LogP contribution in [-0.4, -0.2) is 36.2 Å². The van der Waals surface area contributed by atoms with Crippen LogP contribution in [0.1, 0.15) is 32.4 Å². The zero-order valence-corrected chi connectivity index (χ0v) is 13.3. The van der Waals surface area contributed by atoms with Gasteiger partial charge in [-0.25, -0.2) is 4.98 Å². The number of carbonyl (C=O) groups is 2. The van der Waals surface area contributed by atoms with E-state index >= 15 is 0 Å². The van der Waals surface area contributed by atoms with Crippen LogP contribution in [0.2, 0.25) is 0 Å². The van der Waals surface area contributed by atoms with Crippen molar-refractivity contribution >= 4 is 28.4 Å². The third-order valence-electron chi connectivity index (χ3n) is 4.16. The van der Waals surface area contributed by atoms with Crippen LogP contribution in [0.3, 0.4) is 0 Å². The van der Waals surface area contributed by atoms with E-state index < -0.39 is 29.1 Å². The minimum atomic E-state index is -1.26. The number of nitrogens with zero attached hydrogens (tertiary/aromatic N) is 1. The fraction of sp³-hybridized carbons (Fsp3) is 0.643. The Balaban J connectivity index is 1.84. The highest BCUT2D eigenvalue weighted by Gasteiger charge is 2.65. The molecule has 22 heavy (non-hydrogen) atoms. The fourth-order valence-corrected chi connectivity index (χ4v) is 3.78. The summed E-state index contributed by atoms with van der Waals surface area (Å²) in [7, 11) is 0. The summed E-state index contributed by atoms with van der Waals surface area (Å²) in [6, 6.07) is 0. The highest BCUT2D eigenvalue weighted by atomic mass is 32.1. The first-order valence-electron chi connectivity index (χ1n) is 7.13. The number of hydrogen-bond donors (Lipinski definition) is 1. The number of nitrogens with two attached hydrogens (primary N) is 1. The molecule has 0 aliphatic carbocycles. The van der Waals surface area contributed by atoms with Gasteiger partial charge in [-0.3, -0.25) is 9.59 Å². The van der Waals surface area contributed by atoms with Crippen molar-refractivity contribution in [3.05, 3.63) is 11.1 Å². The van der Waals surface area contributed by atoms with Crippen molar-refractivity contribution in [2.75, 3.05) is 18.9 Å². The molecule has 3 unspecified atom stereocenters. The van der Waals surface area contributed by atoms with E-state index in [1.165, 1.54) is 11.3 Å². The van der Waals surface area contributed by atoms with Crippen LogP contribution >= 0.6 is 11.3 Å². The van der Waals surface area contributed by atoms with Gasteiger partial charge in [0.1, 0.15) is 6.10 Å². The van der Waals surface area contributed by atoms with Gasteiger partial charge >= 0.3 is 11.9 Å². The van der Waals surface area contributed by atoms with Crippen LogP contribution in [-0.2, 0) is 29.4 Å². The lowest BCUT2D eigenvalue weighted by Crippen LogP contribution is -2.32. The van der Waals surface area contributed by atoms with Gasteiger partial charge in [-0.15, -0.1) is 11.3 Å². The molecule has 7 nitrogen and oxygen atoms in total. The van der Waals surface area contributed by atoms with Crippen molar-refractivity contribution in [1.82, 2.24) is 4.98 Å². The second kappa shape index (κ2) is 5.20. The zero-order valence-electron chi connectivity index (χ0n) is 12.5. The topological polar surface area (TPSA) is 101 Å². The summed E-state index contributed by atoms with van der Waals surface area (Å²) in [6.07, 6.45) is 0.0754. The van der Waals surface area contributed by atoms with Gasteiger partial charge in [0.25, 0.3) is 0 Å². The molecule has 8 heteroatoms. The first-order valence-corrected chi connectivity index (χ1v) is 8.01. The highest BCUT2D eigenvalue weighted by Crippen LogP contribution is 2.52. The third-order valence-corrected chi connectivity index (χ3v) is 4.83. The van der Waals surface area contributed by atoms with Crippen molar-refractivity contribution in [2.24, 2.45) is 5.41 Å². The molecule has 2 aliphatic heterocycles. The molecule has 3 atom stereocenters. The van der Waals surface area contributed by atoms with E-state index in [2.05, 4.69) is 4.98 Å². The minimum absolute atomic E-state index is 0.212. The van der Waals surface area contributed by atoms with Crippen LogP contribution in [0.15, 0.2) is 5.38 Å². The number of hydrogen-bond acceptors (Lipinski definition) is 8. The van der Waals surface area contributed by atoms with Gasteiger partial charge in [0.05, 0.1) is 12.3 Å². The van der Waals surface area contributed by atoms with E-state index in [9.17, 15) is 9.59 Å². The quantitative estimate of drug-likeness (QED) is 0.656. The number of thiazole rings is 1. The number of aromatic nitrogens is 1. The maximum absolute atomic E-state index is 12.4. The summed E-state index contributed by atoms with van der Waals surface area (Å²) in [6.45, 7) is 4.43. The van der Waals surface area contributed by atoms with Crippen molar-refractivity contribution in [2.45, 2.75) is 38.4 Å². The Morgan fingerprint density at radius 2 is 2.27 bits per heavy atom. The van der Waals surface area contributed by atoms with Crippen LogP contribution in [0.4, 0.5) is 5.13 Å². The van der Waals surface area contributed by atoms with Crippen molar-refractivity contribution < 1.29 is 23.8 Å². The Labute approximate surface area is 131 Å². The first-order chi connectivity index (χ1) is 10.4. The average molecular weight is 326 g/mol. The van der Waals surface area contributed by atoms with E-state index in [-0.39, 0.29) is 19.4 Å². The standard InChI is InChI=1S/C14H18N2O5S/c1-3-19-5-8-4-14(10(17)20-8)7-13(2,21-11(14)18)9-6-22-12(15)16-9/h6,8H,3-5,7H2,1-2H3,(H2,15,16). The molecule has 0 amide bonds. The number of carbonyl (C=O) groups excluding carboxylic acids is 2. The molecule has 2 fully saturated rings. The SMILES string of the molecule is CCOCC1CC2(CC(C)(c3csc(N)n3)OC2=O)C(=O)O1. The number of rotatable bonds is 4. The number of anilines is 1. The first kappa shape index (κ1) is 15.2. The molecule has 2 saturated heterocycles. The third kappa shape index (κ3) is 2.26. The molecule has 0 aromatic carbocycles. The van der Waals surface area contributed by atoms with Gasteiger partial charge in [0.2, 0.25) is 0 Å². The number of esters is 2. The second-order valence-electron chi connectivity index (χ2n) is 5.84. The van der Waals surface area contributed by atoms with E-state index in [0.717, 1.165) is 0 Å². The Morgan fingerprint density at radius 1 is 1.50 bits per heavy atom. The molecule has 0 radical (unpaired) electrons. The molecular weight excluding hydrogens is 308 g/mol. The summed E-state index contributed by atoms with van der Waals surface area (Å²) < 4.78 is 16.1. The number of cyclic esters (lactones) is 2. The van der Waals surface area contributed by atoms with Crippen molar-refractivity contribution in [3.8, 4) is 0 Å². The maximum atomic E-state index is 12.4. The summed E-state index contributed by atoms with van der Waals surface area (Å²) in [5.41, 5.74) is 4.01. The van der Waals surface area contributed by atoms with E-state index in [0.29, 0.717) is 17.4 Å². The molecule has 1 spiro atoms. The molecule has 120 valence electrons. The lowest BCUT2D eigenvalue weighted by Gasteiger charge is -2.20. The number of nitrogen functional groups attached to an aromatic ring is 1. The van der Waals surface area contributed by atoms with Gasteiger partial charge < -0.3 is 19.9 Å². The van der Waals surface area contributed by atoms with E-state index in [4.69, 9.17) is 19.9 Å². The summed E-state index contributed by atoms with van der Waals surface area (Å²) >= 11 is 1.27. The van der Waals surface area contributed by atoms with Crippen molar-refractivity contribution in [1.29, 1.82) is 0 Å². The Bertz CT molecular complexity index is 618. The molecule has 1 aromatic rings. The lowest BCUT2D eigenvalue weighted by atomic mass is 9.78. The van der Waals surface area contributed by atoms with Crippen LogP contribution in [0.25, 0.3) is 0 Å². The summed E-state index contributed by atoms with van der Waals surface area (Å²) in [5, 5.41) is 2.15. The highest BCUT2D eigenvalue weighted by molar-refractivity contribution is 7.13. The predicted molar refractivity (Wildman–Crippen MR) is 78.0 cm³/mol. The van der Waals surface area contributed by atoms with E-state index in [1.807, 2.05) is 6.92 Å². The molecule has 3 heterocycles. The minimum Gasteiger partial charge on any atom is -0.459 e. The van der Waals surface area contributed by atoms with Crippen LogP contribution in [0, 0.1) is 5.41 Å². The molecule has 2 N–H and O–H groups in total. The van der Waals surface area contributed by atoms with Crippen LogP contribution < -0.4 is 5.73 Å². The van der Waals surface area contributed by atoms with E-state index in [1.54, 1.807) is 12.3 Å². The van der Waals surface area contributed by atoms with Gasteiger partial charge in [-0.05, 0) is 13.8 Å². The predicted octanol–water partition coefficient (Wildman–Crippen LogP) is 1.23. The summed E-state index contributed by atoms with van der Waals surface area (Å²) in [4.78, 5) is 28.9. The zero-order chi connectivity index (χ0) is 16.0. The molecule has 2 aliphatic rings. The Hall–Kier alpha value is -1.67. The van der Waals surface area contributed by atoms with Crippen LogP contribution in [0.5, 0.6) is 0 Å². The normalized spacial score (nSPS) is 34.2. The van der Waals surface area contributed by atoms with Gasteiger partial charge in [-0.1, -0.05) is 0 Å². The monoisotopic (exact) mass is 326 g/mol. The molecule has 3 rings (SSSR count). The average Bonchev–Trinajstić information content (AvgIpc) is 3.09. The molecular formula is C14H18N2O5S. The largest absolute Gasteiger partial charge is 0.459 e. The lowest BCUT2D eigenvalue weighted by molar-refractivity contribution is -0.160. The summed E-state index contributed by atoms with van der Waals surface area (Å²) in [5.74, 6) is -1.08. The van der Waals surface area contributed by atoms with Gasteiger partial charge in [0, 0.05) is 24.8 Å². The fourth-order valence-electron chi connectivity index (χ4n) is 3.09. The molecule has 1 aromatic heterocycles. The Kier molecular flexibility index (Phi) is 3.60. The van der Waals surface area contributed by atoms with Gasteiger partial charge in [0.15, 0.2) is 16.1 Å². The molecule has 0 saturated carbocycles. The Morgan fingerprint density at radius 3 is 2.91 bits per heavy atom. The smallest absolute Gasteiger partial charge is 0.324 e. The maximum Gasteiger partial charge on any atom is 0.324 e. The van der Waals surface area contributed by atoms with Crippen molar-refractivity contribution in [3.63, 3.8) is 0 Å². The molecule has 0 bridgehead atoms. The number of ether oxygens (including phenoxy) is 3. The second-order valence-corrected chi connectivity index (χ2v) is 6.73. The van der Waals surface area contributed by atoms with Gasteiger partial charge in [-0.2, -0.15) is 0 Å².